The van der Waals surface area contributed by atoms with E-state index >= 15 is 0 Å². The number of hydrogen-bond donors (Lipinski definition) is 1. The summed E-state index contributed by atoms with van der Waals surface area (Å²) in [6.07, 6.45) is 2.36. The third-order valence-electron chi connectivity index (χ3n) is 6.00. The van der Waals surface area contributed by atoms with Crippen LogP contribution in [-0.2, 0) is 29.2 Å². The molecule has 4 aromatic rings. The van der Waals surface area contributed by atoms with Crippen LogP contribution in [0.15, 0.2) is 57.8 Å². The smallest absolute Gasteiger partial charge is 0.247 e. The molecule has 0 radical (unpaired) electrons. The van der Waals surface area contributed by atoms with Crippen molar-refractivity contribution in [3.63, 3.8) is 0 Å². The normalized spacial score (nSPS) is 14.0. The molecule has 11 heteroatoms. The summed E-state index contributed by atoms with van der Waals surface area (Å²) in [5.74, 6) is 1.48. The maximum atomic E-state index is 14.7. The highest BCUT2D eigenvalue weighted by molar-refractivity contribution is 7.90. The van der Waals surface area contributed by atoms with Gasteiger partial charge in [-0.25, -0.2) is 22.8 Å². The van der Waals surface area contributed by atoms with E-state index in [1.807, 2.05) is 30.3 Å². The van der Waals surface area contributed by atoms with Gasteiger partial charge in [0.15, 0.2) is 9.84 Å². The van der Waals surface area contributed by atoms with E-state index in [-0.39, 0.29) is 10.6 Å². The van der Waals surface area contributed by atoms with Crippen LogP contribution in [0.3, 0.4) is 0 Å². The molecule has 0 bridgehead atoms. The van der Waals surface area contributed by atoms with E-state index in [1.165, 1.54) is 12.1 Å². The van der Waals surface area contributed by atoms with Crippen molar-refractivity contribution >= 4 is 21.3 Å². The van der Waals surface area contributed by atoms with Crippen LogP contribution in [0.5, 0.6) is 0 Å². The molecule has 2 aromatic carbocycles. The summed E-state index contributed by atoms with van der Waals surface area (Å²) in [7, 11) is -3.50. The van der Waals surface area contributed by atoms with Crippen molar-refractivity contribution in [2.75, 3.05) is 24.7 Å². The molecule has 0 saturated heterocycles. The molecule has 2 aromatic heterocycles. The number of hydrogen-bond acceptors (Lipinski definition) is 9. The lowest BCUT2D eigenvalue weighted by Gasteiger charge is -2.29. The average Bonchev–Trinajstić information content (AvgIpc) is 3.33. The fourth-order valence-electron chi connectivity index (χ4n) is 4.15. The molecule has 3 heterocycles. The molecule has 0 amide bonds. The van der Waals surface area contributed by atoms with Gasteiger partial charge in [-0.1, -0.05) is 18.2 Å². The molecule has 0 spiro atoms. The van der Waals surface area contributed by atoms with Gasteiger partial charge in [-0.2, -0.15) is 0 Å². The first-order valence-electron chi connectivity index (χ1n) is 11.5. The summed E-state index contributed by atoms with van der Waals surface area (Å²) >= 11 is 0. The van der Waals surface area contributed by atoms with Crippen molar-refractivity contribution in [3.8, 4) is 11.5 Å². The SMILES string of the molecule is Cc1nc2c(c(Nc3ccc(S(C)(=O)=O)cc3F)n1)CN(CCc1nnc(-c3ccccc3)o1)CC2. The second kappa shape index (κ2) is 9.75. The number of aryl methyl sites for hydroxylation is 1. The Labute approximate surface area is 208 Å². The second-order valence-corrected chi connectivity index (χ2v) is 10.7. The minimum Gasteiger partial charge on any atom is -0.421 e. The Balaban J connectivity index is 1.31. The molecule has 36 heavy (non-hydrogen) atoms. The first kappa shape index (κ1) is 24.0. The summed E-state index contributed by atoms with van der Waals surface area (Å²) < 4.78 is 44.0. The Morgan fingerprint density at radius 2 is 1.92 bits per heavy atom. The number of sulfone groups is 1. The minimum absolute atomic E-state index is 0.0749. The Bertz CT molecular complexity index is 1510. The number of rotatable bonds is 7. The van der Waals surface area contributed by atoms with Crippen LogP contribution in [0.25, 0.3) is 11.5 Å². The molecule has 0 saturated carbocycles. The fourth-order valence-corrected chi connectivity index (χ4v) is 4.78. The topological polar surface area (TPSA) is 114 Å². The van der Waals surface area contributed by atoms with Gasteiger partial charge in [-0.3, -0.25) is 4.90 Å². The predicted molar refractivity (Wildman–Crippen MR) is 132 cm³/mol. The Morgan fingerprint density at radius 3 is 2.67 bits per heavy atom. The summed E-state index contributed by atoms with van der Waals surface area (Å²) in [6.45, 7) is 3.86. The molecule has 1 aliphatic heterocycles. The van der Waals surface area contributed by atoms with Gasteiger partial charge >= 0.3 is 0 Å². The van der Waals surface area contributed by atoms with Crippen molar-refractivity contribution in [2.24, 2.45) is 0 Å². The van der Waals surface area contributed by atoms with E-state index in [4.69, 9.17) is 4.42 Å². The van der Waals surface area contributed by atoms with Crippen molar-refractivity contribution in [3.05, 3.63) is 77.3 Å². The first-order valence-corrected chi connectivity index (χ1v) is 13.4. The lowest BCUT2D eigenvalue weighted by molar-refractivity contribution is 0.248. The summed E-state index contributed by atoms with van der Waals surface area (Å²) in [5.41, 5.74) is 2.83. The Morgan fingerprint density at radius 1 is 1.11 bits per heavy atom. The van der Waals surface area contributed by atoms with Crippen molar-refractivity contribution < 1.29 is 17.2 Å². The van der Waals surface area contributed by atoms with Crippen molar-refractivity contribution in [1.82, 2.24) is 25.1 Å². The Kier molecular flexibility index (Phi) is 6.50. The molecule has 9 nitrogen and oxygen atoms in total. The molecular weight excluding hydrogens is 483 g/mol. The molecule has 186 valence electrons. The molecular formula is C25H25FN6O3S. The van der Waals surface area contributed by atoms with E-state index < -0.39 is 15.7 Å². The fraction of sp³-hybridized carbons (Fsp3) is 0.280. The van der Waals surface area contributed by atoms with Gasteiger partial charge < -0.3 is 9.73 Å². The van der Waals surface area contributed by atoms with Crippen LogP contribution >= 0.6 is 0 Å². The maximum absolute atomic E-state index is 14.7. The zero-order valence-electron chi connectivity index (χ0n) is 19.9. The predicted octanol–water partition coefficient (Wildman–Crippen LogP) is 3.72. The van der Waals surface area contributed by atoms with E-state index in [0.717, 1.165) is 42.1 Å². The second-order valence-electron chi connectivity index (χ2n) is 8.73. The van der Waals surface area contributed by atoms with Crippen LogP contribution in [0, 0.1) is 12.7 Å². The highest BCUT2D eigenvalue weighted by atomic mass is 32.2. The van der Waals surface area contributed by atoms with Gasteiger partial charge in [0.25, 0.3) is 0 Å². The van der Waals surface area contributed by atoms with Crippen LogP contribution in [0.1, 0.15) is 23.0 Å². The van der Waals surface area contributed by atoms with Crippen LogP contribution in [0.4, 0.5) is 15.9 Å². The minimum atomic E-state index is -3.50. The van der Waals surface area contributed by atoms with Crippen LogP contribution in [0.2, 0.25) is 0 Å². The number of halogens is 1. The van der Waals surface area contributed by atoms with Gasteiger partial charge in [0, 0.05) is 49.9 Å². The molecule has 1 aliphatic rings. The summed E-state index contributed by atoms with van der Waals surface area (Å²) in [4.78, 5) is 11.3. The molecule has 0 atom stereocenters. The quantitative estimate of drug-likeness (QED) is 0.399. The number of aromatic nitrogens is 4. The van der Waals surface area contributed by atoms with Crippen molar-refractivity contribution in [1.29, 1.82) is 0 Å². The van der Waals surface area contributed by atoms with E-state index in [0.29, 0.717) is 42.9 Å². The number of fused-ring (bicyclic) bond motifs is 1. The molecule has 0 unspecified atom stereocenters. The molecule has 0 fully saturated rings. The lowest BCUT2D eigenvalue weighted by Crippen LogP contribution is -2.33. The Hall–Kier alpha value is -3.70. The first-order chi connectivity index (χ1) is 17.3. The molecule has 0 aliphatic carbocycles. The monoisotopic (exact) mass is 508 g/mol. The number of nitrogens with one attached hydrogen (secondary N) is 1. The largest absolute Gasteiger partial charge is 0.421 e. The van der Waals surface area contributed by atoms with Crippen LogP contribution < -0.4 is 5.32 Å². The zero-order chi connectivity index (χ0) is 25.3. The number of nitrogens with zero attached hydrogens (tertiary/aromatic N) is 5. The molecule has 5 rings (SSSR count). The summed E-state index contributed by atoms with van der Waals surface area (Å²) in [6, 6.07) is 13.4. The average molecular weight is 509 g/mol. The van der Waals surface area contributed by atoms with E-state index in [1.54, 1.807) is 6.92 Å². The lowest BCUT2D eigenvalue weighted by atomic mass is 10.1. The van der Waals surface area contributed by atoms with Crippen LogP contribution in [-0.4, -0.2) is 52.8 Å². The third-order valence-corrected chi connectivity index (χ3v) is 7.11. The zero-order valence-corrected chi connectivity index (χ0v) is 20.7. The van der Waals surface area contributed by atoms with Gasteiger partial charge in [0.2, 0.25) is 11.8 Å². The highest BCUT2D eigenvalue weighted by Gasteiger charge is 2.23. The van der Waals surface area contributed by atoms with Crippen molar-refractivity contribution in [2.45, 2.75) is 31.2 Å². The van der Waals surface area contributed by atoms with Gasteiger partial charge in [-0.15, -0.1) is 10.2 Å². The standard InChI is InChI=1S/C25H25FN6O3S/c1-16-27-21-10-12-32(13-11-23-30-31-25(35-23)17-6-4-3-5-7-17)15-19(21)24(28-16)29-22-9-8-18(14-20(22)26)36(2,33)34/h3-9,14H,10-13,15H2,1-2H3,(H,27,28,29). The number of benzene rings is 2. The highest BCUT2D eigenvalue weighted by Crippen LogP contribution is 2.29. The van der Waals surface area contributed by atoms with E-state index in [9.17, 15) is 12.8 Å². The summed E-state index contributed by atoms with van der Waals surface area (Å²) in [5, 5.41) is 11.4. The van der Waals surface area contributed by atoms with E-state index in [2.05, 4.69) is 30.4 Å². The van der Waals surface area contributed by atoms with Gasteiger partial charge in [-0.05, 0) is 37.3 Å². The maximum Gasteiger partial charge on any atom is 0.247 e. The molecule has 1 N–H and O–H groups in total. The third kappa shape index (κ3) is 5.26. The van der Waals surface area contributed by atoms with Gasteiger partial charge in [0.05, 0.1) is 16.3 Å². The number of anilines is 2. The van der Waals surface area contributed by atoms with Gasteiger partial charge in [0.1, 0.15) is 17.5 Å².